The number of carboxylic acids is 1. The van der Waals surface area contributed by atoms with E-state index < -0.39 is 5.97 Å². The molecular weight excluding hydrogens is 442 g/mol. The highest BCUT2D eigenvalue weighted by molar-refractivity contribution is 7.18. The van der Waals surface area contributed by atoms with Crippen LogP contribution in [0.1, 0.15) is 6.92 Å². The van der Waals surface area contributed by atoms with Crippen LogP contribution in [-0.2, 0) is 4.79 Å². The molecule has 0 saturated carbocycles. The molecule has 172 valence electrons. The van der Waals surface area contributed by atoms with Gasteiger partial charge in [0.15, 0.2) is 0 Å². The van der Waals surface area contributed by atoms with E-state index in [9.17, 15) is 9.59 Å². The Morgan fingerprint density at radius 1 is 1.15 bits per heavy atom. The number of amides is 2. The number of carbonyl (C=O) groups excluding carboxylic acids is 1. The number of carbonyl (C=O) groups is 2. The van der Waals surface area contributed by atoms with Crippen molar-refractivity contribution in [3.8, 4) is 16.3 Å². The van der Waals surface area contributed by atoms with Crippen LogP contribution in [0.15, 0.2) is 54.6 Å². The number of benzene rings is 2. The molecule has 1 fully saturated rings. The van der Waals surface area contributed by atoms with E-state index in [2.05, 4.69) is 20.4 Å². The van der Waals surface area contributed by atoms with Crippen molar-refractivity contribution in [1.29, 1.82) is 0 Å². The highest BCUT2D eigenvalue weighted by Gasteiger charge is 2.31. The standard InChI is InChI=1S/C23H25N5O4S/c1-2-28(22(31)24-18-6-4-3-5-7-18)23-26-25-20(33-23)16-8-10-19(11-9-16)32-13-12-27-14-17(15-27)21(29)30/h3-11,17H,2,12-15H2,1H3,(H,24,31)(H,29,30). The molecule has 9 nitrogen and oxygen atoms in total. The molecular formula is C23H25N5O4S. The molecule has 2 heterocycles. The number of nitrogens with zero attached hydrogens (tertiary/aromatic N) is 4. The summed E-state index contributed by atoms with van der Waals surface area (Å²) >= 11 is 1.35. The van der Waals surface area contributed by atoms with Crippen LogP contribution in [0.25, 0.3) is 10.6 Å². The van der Waals surface area contributed by atoms with Gasteiger partial charge in [0.05, 0.1) is 5.92 Å². The second-order valence-electron chi connectivity index (χ2n) is 7.60. The predicted molar refractivity (Wildman–Crippen MR) is 127 cm³/mol. The predicted octanol–water partition coefficient (Wildman–Crippen LogP) is 3.66. The van der Waals surface area contributed by atoms with Gasteiger partial charge in [-0.25, -0.2) is 4.79 Å². The van der Waals surface area contributed by atoms with Crippen LogP contribution in [0.2, 0.25) is 0 Å². The fourth-order valence-electron chi connectivity index (χ4n) is 3.41. The van der Waals surface area contributed by atoms with Crippen molar-refractivity contribution in [2.24, 2.45) is 5.92 Å². The van der Waals surface area contributed by atoms with Gasteiger partial charge in [-0.2, -0.15) is 0 Å². The molecule has 0 atom stereocenters. The van der Waals surface area contributed by atoms with Crippen molar-refractivity contribution in [2.75, 3.05) is 43.0 Å². The summed E-state index contributed by atoms with van der Waals surface area (Å²) in [5.74, 6) is -0.258. The number of aliphatic carboxylic acids is 1. The third-order valence-electron chi connectivity index (χ3n) is 5.32. The summed E-state index contributed by atoms with van der Waals surface area (Å²) in [7, 11) is 0. The zero-order valence-corrected chi connectivity index (χ0v) is 19.0. The molecule has 33 heavy (non-hydrogen) atoms. The summed E-state index contributed by atoms with van der Waals surface area (Å²) in [6, 6.07) is 16.6. The van der Waals surface area contributed by atoms with Crippen LogP contribution >= 0.6 is 11.3 Å². The van der Waals surface area contributed by atoms with Crippen LogP contribution in [0, 0.1) is 5.92 Å². The summed E-state index contributed by atoms with van der Waals surface area (Å²) < 4.78 is 5.76. The van der Waals surface area contributed by atoms with Gasteiger partial charge in [0, 0.05) is 37.4 Å². The van der Waals surface area contributed by atoms with E-state index in [4.69, 9.17) is 9.84 Å². The molecule has 1 aliphatic heterocycles. The zero-order valence-electron chi connectivity index (χ0n) is 18.2. The Balaban J connectivity index is 1.31. The summed E-state index contributed by atoms with van der Waals surface area (Å²) in [5.41, 5.74) is 1.61. The third kappa shape index (κ3) is 5.65. The SMILES string of the molecule is CCN(C(=O)Nc1ccccc1)c1nnc(-c2ccc(OCCN3CC(C(=O)O)C3)cc2)s1. The Bertz CT molecular complexity index is 1080. The molecule has 10 heteroatoms. The minimum Gasteiger partial charge on any atom is -0.492 e. The zero-order chi connectivity index (χ0) is 23.2. The number of hydrogen-bond donors (Lipinski definition) is 2. The van der Waals surface area contributed by atoms with Gasteiger partial charge in [0.2, 0.25) is 5.13 Å². The Morgan fingerprint density at radius 3 is 2.55 bits per heavy atom. The molecule has 1 aliphatic rings. The monoisotopic (exact) mass is 467 g/mol. The molecule has 0 radical (unpaired) electrons. The van der Waals surface area contributed by atoms with Crippen LogP contribution in [0.4, 0.5) is 15.6 Å². The number of likely N-dealkylation sites (tertiary alicyclic amines) is 1. The fraction of sp³-hybridized carbons (Fsp3) is 0.304. The van der Waals surface area contributed by atoms with Crippen molar-refractivity contribution in [3.63, 3.8) is 0 Å². The summed E-state index contributed by atoms with van der Waals surface area (Å²) in [6.45, 7) is 4.70. The molecule has 4 rings (SSSR count). The number of aromatic nitrogens is 2. The highest BCUT2D eigenvalue weighted by Crippen LogP contribution is 2.30. The lowest BCUT2D eigenvalue weighted by Gasteiger charge is -2.36. The molecule has 0 aliphatic carbocycles. The third-order valence-corrected chi connectivity index (χ3v) is 6.31. The summed E-state index contributed by atoms with van der Waals surface area (Å²) in [5, 5.41) is 21.5. The Morgan fingerprint density at radius 2 is 1.88 bits per heavy atom. The number of para-hydroxylation sites is 1. The number of ether oxygens (including phenoxy) is 1. The smallest absolute Gasteiger partial charge is 0.328 e. The minimum absolute atomic E-state index is 0.255. The molecule has 0 bridgehead atoms. The Labute approximate surface area is 195 Å². The first kappa shape index (κ1) is 22.7. The van der Waals surface area contributed by atoms with Crippen LogP contribution < -0.4 is 15.0 Å². The second kappa shape index (κ2) is 10.4. The van der Waals surface area contributed by atoms with Crippen molar-refractivity contribution in [1.82, 2.24) is 15.1 Å². The average molecular weight is 468 g/mol. The normalized spacial score (nSPS) is 13.8. The maximum Gasteiger partial charge on any atom is 0.328 e. The van der Waals surface area contributed by atoms with E-state index >= 15 is 0 Å². The van der Waals surface area contributed by atoms with E-state index in [1.54, 1.807) is 4.90 Å². The van der Waals surface area contributed by atoms with Gasteiger partial charge < -0.3 is 15.2 Å². The maximum absolute atomic E-state index is 12.7. The fourth-order valence-corrected chi connectivity index (χ4v) is 4.33. The lowest BCUT2D eigenvalue weighted by atomic mass is 10.0. The first-order chi connectivity index (χ1) is 16.0. The van der Waals surface area contributed by atoms with Crippen molar-refractivity contribution in [2.45, 2.75) is 6.92 Å². The number of urea groups is 1. The molecule has 3 aromatic rings. The van der Waals surface area contributed by atoms with Crippen LogP contribution in [-0.4, -0.2) is 65.0 Å². The Kier molecular flexibility index (Phi) is 7.16. The van der Waals surface area contributed by atoms with E-state index in [1.807, 2.05) is 61.5 Å². The van der Waals surface area contributed by atoms with Gasteiger partial charge in [-0.3, -0.25) is 14.6 Å². The number of anilines is 2. The number of carboxylic acid groups (broad SMARTS) is 1. The average Bonchev–Trinajstić information content (AvgIpc) is 3.26. The molecule has 0 unspecified atom stereocenters. The number of hydrogen-bond acceptors (Lipinski definition) is 7. The highest BCUT2D eigenvalue weighted by atomic mass is 32.1. The molecule has 1 saturated heterocycles. The molecule has 2 aromatic carbocycles. The van der Waals surface area contributed by atoms with Crippen molar-refractivity contribution >= 4 is 34.2 Å². The van der Waals surface area contributed by atoms with Gasteiger partial charge in [0.1, 0.15) is 17.4 Å². The van der Waals surface area contributed by atoms with Gasteiger partial charge in [-0.1, -0.05) is 29.5 Å². The van der Waals surface area contributed by atoms with E-state index in [0.29, 0.717) is 42.9 Å². The van der Waals surface area contributed by atoms with Gasteiger partial charge in [-0.05, 0) is 43.3 Å². The van der Waals surface area contributed by atoms with E-state index in [0.717, 1.165) is 17.0 Å². The molecule has 1 aromatic heterocycles. The van der Waals surface area contributed by atoms with Gasteiger partial charge >= 0.3 is 12.0 Å². The van der Waals surface area contributed by atoms with Crippen molar-refractivity contribution < 1.29 is 19.4 Å². The van der Waals surface area contributed by atoms with Gasteiger partial charge in [-0.15, -0.1) is 10.2 Å². The number of nitrogens with one attached hydrogen (secondary N) is 1. The summed E-state index contributed by atoms with van der Waals surface area (Å²) in [6.07, 6.45) is 0. The molecule has 0 spiro atoms. The Hall–Kier alpha value is -3.50. The lowest BCUT2D eigenvalue weighted by Crippen LogP contribution is -2.51. The first-order valence-corrected chi connectivity index (χ1v) is 11.5. The van der Waals surface area contributed by atoms with Crippen molar-refractivity contribution in [3.05, 3.63) is 54.6 Å². The minimum atomic E-state index is -0.735. The van der Waals surface area contributed by atoms with Gasteiger partial charge in [0.25, 0.3) is 0 Å². The van der Waals surface area contributed by atoms with E-state index in [-0.39, 0.29) is 11.9 Å². The first-order valence-electron chi connectivity index (χ1n) is 10.7. The quantitative estimate of drug-likeness (QED) is 0.494. The molecule has 2 amide bonds. The second-order valence-corrected chi connectivity index (χ2v) is 8.55. The van der Waals surface area contributed by atoms with Crippen LogP contribution in [0.5, 0.6) is 5.75 Å². The number of rotatable bonds is 9. The van der Waals surface area contributed by atoms with E-state index in [1.165, 1.54) is 11.3 Å². The molecule has 2 N–H and O–H groups in total. The topological polar surface area (TPSA) is 108 Å². The largest absolute Gasteiger partial charge is 0.492 e. The summed E-state index contributed by atoms with van der Waals surface area (Å²) in [4.78, 5) is 27.1. The maximum atomic E-state index is 12.7. The van der Waals surface area contributed by atoms with Crippen LogP contribution in [0.3, 0.4) is 0 Å². The lowest BCUT2D eigenvalue weighted by molar-refractivity contribution is -0.147.